The Hall–Kier alpha value is -1.51. The highest BCUT2D eigenvalue weighted by Gasteiger charge is 1.99. The first kappa shape index (κ1) is 6.22. The number of rotatable bonds is 0. The maximum atomic E-state index is 5.63. The Kier molecular flexibility index (Phi) is 1.12. The third kappa shape index (κ3) is 0.852. The number of fused-ring (bicyclic) bond motifs is 1. The molecule has 0 aliphatic carbocycles. The topological polar surface area (TPSA) is 54.7 Å². The summed E-state index contributed by atoms with van der Waals surface area (Å²) in [5.74, 6) is 0.642. The Morgan fingerprint density at radius 3 is 3.09 bits per heavy atom. The number of anilines is 1. The molecule has 2 rings (SSSR count). The smallest absolute Gasteiger partial charge is 0.127 e. The van der Waals surface area contributed by atoms with Crippen molar-refractivity contribution in [1.29, 1.82) is 0 Å². The van der Waals surface area contributed by atoms with Gasteiger partial charge in [0.25, 0.3) is 0 Å². The van der Waals surface area contributed by atoms with Crippen molar-refractivity contribution in [2.24, 2.45) is 0 Å². The van der Waals surface area contributed by atoms with Gasteiger partial charge in [0.1, 0.15) is 11.3 Å². The summed E-state index contributed by atoms with van der Waals surface area (Å²) in [6.45, 7) is 1.95. The first-order valence-corrected chi connectivity index (χ1v) is 3.47. The molecule has 0 fully saturated rings. The third-order valence-corrected chi connectivity index (χ3v) is 1.70. The van der Waals surface area contributed by atoms with Crippen LogP contribution in [0.5, 0.6) is 0 Å². The molecule has 0 aliphatic rings. The van der Waals surface area contributed by atoms with E-state index in [2.05, 4.69) is 9.97 Å². The van der Waals surface area contributed by atoms with Gasteiger partial charge in [-0.1, -0.05) is 0 Å². The van der Waals surface area contributed by atoms with Gasteiger partial charge in [-0.3, -0.25) is 0 Å². The van der Waals surface area contributed by atoms with Gasteiger partial charge >= 0.3 is 0 Å². The molecule has 0 saturated heterocycles. The summed E-state index contributed by atoms with van der Waals surface area (Å²) >= 11 is 0. The zero-order valence-corrected chi connectivity index (χ0v) is 6.26. The summed E-state index contributed by atoms with van der Waals surface area (Å²) < 4.78 is 0. The first-order valence-electron chi connectivity index (χ1n) is 3.47. The lowest BCUT2D eigenvalue weighted by Gasteiger charge is -1.91. The zero-order chi connectivity index (χ0) is 7.84. The minimum absolute atomic E-state index is 0.642. The van der Waals surface area contributed by atoms with Crippen LogP contribution in [0.25, 0.3) is 10.9 Å². The van der Waals surface area contributed by atoms with E-state index in [0.29, 0.717) is 5.82 Å². The fourth-order valence-electron chi connectivity index (χ4n) is 1.12. The molecular weight excluding hydrogens is 138 g/mol. The van der Waals surface area contributed by atoms with E-state index in [1.807, 2.05) is 25.3 Å². The molecule has 3 nitrogen and oxygen atoms in total. The van der Waals surface area contributed by atoms with Crippen LogP contribution < -0.4 is 5.73 Å². The van der Waals surface area contributed by atoms with Crippen LogP contribution >= 0.6 is 0 Å². The molecular formula is C8H9N3. The summed E-state index contributed by atoms with van der Waals surface area (Å²) in [7, 11) is 0. The van der Waals surface area contributed by atoms with Gasteiger partial charge in [0.05, 0.1) is 0 Å². The fraction of sp³-hybridized carbons (Fsp3) is 0.125. The van der Waals surface area contributed by atoms with Crippen LogP contribution in [0.1, 0.15) is 5.69 Å². The van der Waals surface area contributed by atoms with Crippen molar-refractivity contribution in [2.75, 3.05) is 5.73 Å². The average Bonchev–Trinajstić information content (AvgIpc) is 2.33. The van der Waals surface area contributed by atoms with E-state index < -0.39 is 0 Å². The van der Waals surface area contributed by atoms with Crippen molar-refractivity contribution in [1.82, 2.24) is 9.97 Å². The van der Waals surface area contributed by atoms with Gasteiger partial charge in [-0.2, -0.15) is 0 Å². The summed E-state index contributed by atoms with van der Waals surface area (Å²) in [6, 6.07) is 3.97. The number of aryl methyl sites for hydroxylation is 1. The Morgan fingerprint density at radius 2 is 2.27 bits per heavy atom. The number of H-pyrrole nitrogens is 1. The molecule has 2 heterocycles. The Balaban J connectivity index is 2.87. The molecule has 0 radical (unpaired) electrons. The molecule has 0 saturated carbocycles. The molecule has 0 unspecified atom stereocenters. The fourth-order valence-corrected chi connectivity index (χ4v) is 1.12. The number of pyridine rings is 1. The molecule has 0 bridgehead atoms. The predicted octanol–water partition coefficient (Wildman–Crippen LogP) is 1.45. The highest BCUT2D eigenvalue weighted by Crippen LogP contribution is 2.17. The molecule has 0 amide bonds. The van der Waals surface area contributed by atoms with Crippen LogP contribution in [0.4, 0.5) is 5.82 Å². The van der Waals surface area contributed by atoms with Crippen molar-refractivity contribution < 1.29 is 0 Å². The second-order valence-corrected chi connectivity index (χ2v) is 2.59. The summed E-state index contributed by atoms with van der Waals surface area (Å²) in [4.78, 5) is 7.20. The third-order valence-electron chi connectivity index (χ3n) is 1.70. The highest BCUT2D eigenvalue weighted by molar-refractivity contribution is 5.88. The summed E-state index contributed by atoms with van der Waals surface area (Å²) in [6.07, 6.45) is 1.86. The van der Waals surface area contributed by atoms with Crippen molar-refractivity contribution >= 4 is 16.7 Å². The minimum Gasteiger partial charge on any atom is -0.383 e. The number of nitrogens with zero attached hydrogens (tertiary/aromatic N) is 1. The largest absolute Gasteiger partial charge is 0.383 e. The van der Waals surface area contributed by atoms with Crippen LogP contribution in [0.3, 0.4) is 0 Å². The molecule has 0 spiro atoms. The lowest BCUT2D eigenvalue weighted by Crippen LogP contribution is -1.86. The van der Waals surface area contributed by atoms with Gasteiger partial charge < -0.3 is 10.7 Å². The molecule has 3 heteroatoms. The number of nitrogen functional groups attached to an aromatic ring is 1. The van der Waals surface area contributed by atoms with Gasteiger partial charge in [-0.05, 0) is 19.1 Å². The number of nitrogens with one attached hydrogen (secondary N) is 1. The van der Waals surface area contributed by atoms with Crippen LogP contribution in [-0.4, -0.2) is 9.97 Å². The minimum atomic E-state index is 0.642. The standard InChI is InChI=1S/C8H9N3/c1-5-2-3-6-4-10-8(9)7(6)11-5/h2-4,10H,9H2,1H3. The van der Waals surface area contributed by atoms with Gasteiger partial charge in [-0.25, -0.2) is 4.98 Å². The van der Waals surface area contributed by atoms with Crippen LogP contribution in [0, 0.1) is 6.92 Å². The molecule has 0 atom stereocenters. The second kappa shape index (κ2) is 1.99. The van der Waals surface area contributed by atoms with E-state index in [9.17, 15) is 0 Å². The maximum absolute atomic E-state index is 5.63. The molecule has 2 aromatic rings. The van der Waals surface area contributed by atoms with Crippen molar-refractivity contribution in [3.05, 3.63) is 24.0 Å². The Labute approximate surface area is 64.2 Å². The van der Waals surface area contributed by atoms with Crippen molar-refractivity contribution in [2.45, 2.75) is 6.92 Å². The predicted molar refractivity (Wildman–Crippen MR) is 45.2 cm³/mol. The average molecular weight is 147 g/mol. The monoisotopic (exact) mass is 147 g/mol. The van der Waals surface area contributed by atoms with E-state index in [1.54, 1.807) is 0 Å². The zero-order valence-electron chi connectivity index (χ0n) is 6.26. The van der Waals surface area contributed by atoms with Gasteiger partial charge in [0, 0.05) is 17.3 Å². The SMILES string of the molecule is Cc1ccc2c[nH]c(N)c2n1. The molecule has 11 heavy (non-hydrogen) atoms. The van der Waals surface area contributed by atoms with Crippen LogP contribution in [0.15, 0.2) is 18.3 Å². The summed E-state index contributed by atoms with van der Waals surface area (Å²) in [5.41, 5.74) is 7.48. The van der Waals surface area contributed by atoms with E-state index in [4.69, 9.17) is 5.73 Å². The van der Waals surface area contributed by atoms with E-state index in [1.165, 1.54) is 0 Å². The maximum Gasteiger partial charge on any atom is 0.127 e. The Morgan fingerprint density at radius 1 is 1.45 bits per heavy atom. The van der Waals surface area contributed by atoms with Gasteiger partial charge in [0.2, 0.25) is 0 Å². The molecule has 3 N–H and O–H groups in total. The van der Waals surface area contributed by atoms with Gasteiger partial charge in [0.15, 0.2) is 0 Å². The number of hydrogen-bond acceptors (Lipinski definition) is 2. The number of nitrogens with two attached hydrogens (primary N) is 1. The normalized spacial score (nSPS) is 10.6. The quantitative estimate of drug-likeness (QED) is 0.592. The van der Waals surface area contributed by atoms with E-state index in [-0.39, 0.29) is 0 Å². The molecule has 56 valence electrons. The molecule has 0 aromatic carbocycles. The van der Waals surface area contributed by atoms with E-state index in [0.717, 1.165) is 16.6 Å². The highest BCUT2D eigenvalue weighted by atomic mass is 14.9. The van der Waals surface area contributed by atoms with Gasteiger partial charge in [-0.15, -0.1) is 0 Å². The van der Waals surface area contributed by atoms with Crippen LogP contribution in [-0.2, 0) is 0 Å². The molecule has 2 aromatic heterocycles. The molecule has 0 aliphatic heterocycles. The van der Waals surface area contributed by atoms with Crippen molar-refractivity contribution in [3.63, 3.8) is 0 Å². The van der Waals surface area contributed by atoms with E-state index >= 15 is 0 Å². The summed E-state index contributed by atoms with van der Waals surface area (Å²) in [5, 5.41) is 1.06. The first-order chi connectivity index (χ1) is 5.27. The lowest BCUT2D eigenvalue weighted by atomic mass is 10.3. The number of aromatic amines is 1. The number of aromatic nitrogens is 2. The number of hydrogen-bond donors (Lipinski definition) is 2. The lowest BCUT2D eigenvalue weighted by molar-refractivity contribution is 1.26. The second-order valence-electron chi connectivity index (χ2n) is 2.59. The Bertz CT molecular complexity index is 389. The van der Waals surface area contributed by atoms with Crippen molar-refractivity contribution in [3.8, 4) is 0 Å². The van der Waals surface area contributed by atoms with Crippen LogP contribution in [0.2, 0.25) is 0 Å².